The van der Waals surface area contributed by atoms with Crippen molar-refractivity contribution >= 4 is 44.0 Å². The molecule has 4 rings (SSSR count). The zero-order valence-electron chi connectivity index (χ0n) is 14.2. The molecule has 0 radical (unpaired) electrons. The molecule has 3 N–H and O–H groups in total. The van der Waals surface area contributed by atoms with Gasteiger partial charge in [-0.05, 0) is 29.7 Å². The minimum absolute atomic E-state index is 0.257. The Morgan fingerprint density at radius 1 is 1.23 bits per heavy atom. The molecule has 6 nitrogen and oxygen atoms in total. The van der Waals surface area contributed by atoms with Gasteiger partial charge < -0.3 is 15.4 Å². The maximum atomic E-state index is 12.1. The summed E-state index contributed by atoms with van der Waals surface area (Å²) in [5, 5.41) is 15.0. The highest BCUT2D eigenvalue weighted by molar-refractivity contribution is 7.22. The smallest absolute Gasteiger partial charge is 0.319 e. The number of carbonyl (C=O) groups is 1. The standard InChI is InChI=1S/C19H18N4O2S/c1-25-7-6-20-19(24)22-14-8-13-11-21-23-18(13)15(10-14)17-9-12-4-2-3-5-16(12)26-17/h2-5,8-11H,6-7H2,1H3,(H,21,23)(H2,20,22,24). The minimum Gasteiger partial charge on any atom is -0.383 e. The molecule has 0 saturated carbocycles. The van der Waals surface area contributed by atoms with Crippen LogP contribution >= 0.6 is 11.3 Å². The van der Waals surface area contributed by atoms with Crippen molar-refractivity contribution in [1.29, 1.82) is 0 Å². The van der Waals surface area contributed by atoms with E-state index in [2.05, 4.69) is 39.0 Å². The van der Waals surface area contributed by atoms with Gasteiger partial charge in [-0.1, -0.05) is 18.2 Å². The molecule has 7 heteroatoms. The van der Waals surface area contributed by atoms with Gasteiger partial charge in [0.05, 0.1) is 18.3 Å². The van der Waals surface area contributed by atoms with E-state index in [0.717, 1.165) is 27.0 Å². The second-order valence-corrected chi connectivity index (χ2v) is 6.96. The van der Waals surface area contributed by atoms with Crippen LogP contribution in [0.15, 0.2) is 48.7 Å². The summed E-state index contributed by atoms with van der Waals surface area (Å²) in [4.78, 5) is 13.2. The third-order valence-corrected chi connectivity index (χ3v) is 5.24. The molecule has 4 aromatic rings. The van der Waals surface area contributed by atoms with Crippen LogP contribution in [0.3, 0.4) is 0 Å². The van der Waals surface area contributed by atoms with Crippen molar-refractivity contribution in [1.82, 2.24) is 15.5 Å². The summed E-state index contributed by atoms with van der Waals surface area (Å²) >= 11 is 1.72. The second-order valence-electron chi connectivity index (χ2n) is 5.88. The number of urea groups is 1. The Bertz CT molecular complexity index is 1040. The fourth-order valence-electron chi connectivity index (χ4n) is 2.88. The Labute approximate surface area is 154 Å². The number of amides is 2. The Morgan fingerprint density at radius 2 is 2.12 bits per heavy atom. The largest absolute Gasteiger partial charge is 0.383 e. The average Bonchev–Trinajstić information content (AvgIpc) is 3.27. The molecule has 132 valence electrons. The number of nitrogens with one attached hydrogen (secondary N) is 3. The van der Waals surface area contributed by atoms with E-state index in [-0.39, 0.29) is 6.03 Å². The van der Waals surface area contributed by atoms with Crippen molar-refractivity contribution < 1.29 is 9.53 Å². The minimum atomic E-state index is -0.257. The Morgan fingerprint density at radius 3 is 2.96 bits per heavy atom. The van der Waals surface area contributed by atoms with Crippen LogP contribution in [0.2, 0.25) is 0 Å². The van der Waals surface area contributed by atoms with Gasteiger partial charge in [-0.3, -0.25) is 5.10 Å². The second kappa shape index (κ2) is 7.15. The number of benzene rings is 2. The van der Waals surface area contributed by atoms with Gasteiger partial charge in [0.1, 0.15) is 0 Å². The number of rotatable bonds is 5. The van der Waals surface area contributed by atoms with Crippen LogP contribution in [0.5, 0.6) is 0 Å². The highest BCUT2D eigenvalue weighted by Gasteiger charge is 2.12. The summed E-state index contributed by atoms with van der Waals surface area (Å²) in [6, 6.07) is 14.1. The van der Waals surface area contributed by atoms with E-state index in [0.29, 0.717) is 13.2 Å². The number of anilines is 1. The normalized spacial score (nSPS) is 11.1. The van der Waals surface area contributed by atoms with Crippen LogP contribution in [-0.2, 0) is 4.74 Å². The van der Waals surface area contributed by atoms with Gasteiger partial charge >= 0.3 is 6.03 Å². The maximum absolute atomic E-state index is 12.1. The van der Waals surface area contributed by atoms with Gasteiger partial charge in [-0.25, -0.2) is 4.79 Å². The predicted octanol–water partition coefficient (Wildman–Crippen LogP) is 4.21. The molecule has 0 aliphatic heterocycles. The van der Waals surface area contributed by atoms with Crippen molar-refractivity contribution in [2.45, 2.75) is 0 Å². The Kier molecular flexibility index (Phi) is 4.55. The number of carbonyl (C=O) groups excluding carboxylic acids is 1. The molecule has 2 aromatic heterocycles. The topological polar surface area (TPSA) is 79.0 Å². The van der Waals surface area contributed by atoms with Gasteiger partial charge in [-0.15, -0.1) is 11.3 Å². The van der Waals surface area contributed by atoms with Gasteiger partial charge in [-0.2, -0.15) is 5.10 Å². The molecule has 2 heterocycles. The van der Waals surface area contributed by atoms with Crippen LogP contribution in [0.1, 0.15) is 0 Å². The molecule has 26 heavy (non-hydrogen) atoms. The third-order valence-electron chi connectivity index (χ3n) is 4.09. The lowest BCUT2D eigenvalue weighted by Gasteiger charge is -2.09. The molecule has 0 saturated heterocycles. The van der Waals surface area contributed by atoms with E-state index in [1.807, 2.05) is 24.3 Å². The summed E-state index contributed by atoms with van der Waals surface area (Å²) < 4.78 is 6.17. The van der Waals surface area contributed by atoms with Crippen molar-refractivity contribution in [3.63, 3.8) is 0 Å². The van der Waals surface area contributed by atoms with Crippen molar-refractivity contribution in [2.75, 3.05) is 25.6 Å². The summed E-state index contributed by atoms with van der Waals surface area (Å²) in [5.41, 5.74) is 2.71. The Balaban J connectivity index is 1.69. The van der Waals surface area contributed by atoms with Crippen molar-refractivity contribution in [2.24, 2.45) is 0 Å². The first-order chi connectivity index (χ1) is 12.7. The van der Waals surface area contributed by atoms with E-state index in [4.69, 9.17) is 4.74 Å². The number of aromatic amines is 1. The Hall–Kier alpha value is -2.90. The molecule has 0 bridgehead atoms. The van der Waals surface area contributed by atoms with Gasteiger partial charge in [0, 0.05) is 39.9 Å². The van der Waals surface area contributed by atoms with Gasteiger partial charge in [0.2, 0.25) is 0 Å². The van der Waals surface area contributed by atoms with Crippen LogP contribution in [0.4, 0.5) is 10.5 Å². The highest BCUT2D eigenvalue weighted by Crippen LogP contribution is 2.38. The quantitative estimate of drug-likeness (QED) is 0.463. The zero-order valence-corrected chi connectivity index (χ0v) is 15.0. The molecule has 2 aromatic carbocycles. The molecule has 0 fully saturated rings. The number of nitrogens with zero attached hydrogens (tertiary/aromatic N) is 1. The van der Waals surface area contributed by atoms with Crippen LogP contribution in [0.25, 0.3) is 31.4 Å². The molecule has 0 aliphatic rings. The van der Waals surface area contributed by atoms with E-state index in [1.54, 1.807) is 24.6 Å². The maximum Gasteiger partial charge on any atom is 0.319 e. The fourth-order valence-corrected chi connectivity index (χ4v) is 3.97. The lowest BCUT2D eigenvalue weighted by Crippen LogP contribution is -2.31. The van der Waals surface area contributed by atoms with Crippen LogP contribution < -0.4 is 10.6 Å². The number of ether oxygens (including phenoxy) is 1. The molecular formula is C19H18N4O2S. The van der Waals surface area contributed by atoms with Crippen molar-refractivity contribution in [3.8, 4) is 10.4 Å². The number of methoxy groups -OCH3 is 1. The summed E-state index contributed by atoms with van der Waals surface area (Å²) in [6.07, 6.45) is 1.76. The zero-order chi connectivity index (χ0) is 17.9. The first-order valence-electron chi connectivity index (χ1n) is 8.24. The van der Waals surface area contributed by atoms with Crippen LogP contribution in [-0.4, -0.2) is 36.5 Å². The van der Waals surface area contributed by atoms with Crippen LogP contribution in [0, 0.1) is 0 Å². The molecule has 0 aliphatic carbocycles. The number of hydrogen-bond acceptors (Lipinski definition) is 4. The summed E-state index contributed by atoms with van der Waals surface area (Å²) in [5.74, 6) is 0. The van der Waals surface area contributed by atoms with E-state index in [1.165, 1.54) is 10.1 Å². The number of aromatic nitrogens is 2. The number of H-pyrrole nitrogens is 1. The van der Waals surface area contributed by atoms with E-state index < -0.39 is 0 Å². The van der Waals surface area contributed by atoms with Gasteiger partial charge in [0.25, 0.3) is 0 Å². The number of fused-ring (bicyclic) bond motifs is 2. The van der Waals surface area contributed by atoms with E-state index in [9.17, 15) is 4.79 Å². The van der Waals surface area contributed by atoms with E-state index >= 15 is 0 Å². The first kappa shape index (κ1) is 16.6. The molecular weight excluding hydrogens is 348 g/mol. The molecule has 0 unspecified atom stereocenters. The summed E-state index contributed by atoms with van der Waals surface area (Å²) in [7, 11) is 1.60. The highest BCUT2D eigenvalue weighted by atomic mass is 32.1. The fraction of sp³-hybridized carbons (Fsp3) is 0.158. The monoisotopic (exact) mass is 366 g/mol. The average molecular weight is 366 g/mol. The molecule has 2 amide bonds. The number of hydrogen-bond donors (Lipinski definition) is 3. The number of thiophene rings is 1. The lowest BCUT2D eigenvalue weighted by molar-refractivity contribution is 0.198. The molecule has 0 atom stereocenters. The predicted molar refractivity (Wildman–Crippen MR) is 106 cm³/mol. The first-order valence-corrected chi connectivity index (χ1v) is 9.06. The SMILES string of the molecule is COCCNC(=O)Nc1cc(-c2cc3ccccc3s2)c2[nH]ncc2c1. The third kappa shape index (κ3) is 3.26. The van der Waals surface area contributed by atoms with Gasteiger partial charge in [0.15, 0.2) is 0 Å². The lowest BCUT2D eigenvalue weighted by atomic mass is 10.1. The molecule has 0 spiro atoms. The van der Waals surface area contributed by atoms with Crippen molar-refractivity contribution in [3.05, 3.63) is 48.7 Å². The summed E-state index contributed by atoms with van der Waals surface area (Å²) in [6.45, 7) is 0.931.